The van der Waals surface area contributed by atoms with Crippen molar-refractivity contribution >= 4 is 16.8 Å². The van der Waals surface area contributed by atoms with Crippen molar-refractivity contribution in [2.24, 2.45) is 7.05 Å². The number of amides is 1. The molecule has 1 amide bonds. The number of benzene rings is 1. The standard InChI is InChI=1S/C16H19F3N2O2/c1-11(9-23-10-16(17,18)19)20-15(22)7-12-8-21(2)14-6-4-3-5-13(12)14/h3-6,8,11H,7,9-10H2,1-2H3,(H,20,22). The molecule has 23 heavy (non-hydrogen) atoms. The number of para-hydroxylation sites is 1. The minimum Gasteiger partial charge on any atom is -0.370 e. The van der Waals surface area contributed by atoms with Crippen LogP contribution in [0.15, 0.2) is 30.5 Å². The van der Waals surface area contributed by atoms with Crippen LogP contribution in [0, 0.1) is 0 Å². The van der Waals surface area contributed by atoms with Crippen LogP contribution in [0.3, 0.4) is 0 Å². The van der Waals surface area contributed by atoms with Crippen LogP contribution in [0.4, 0.5) is 13.2 Å². The van der Waals surface area contributed by atoms with Gasteiger partial charge in [0.05, 0.1) is 13.0 Å². The molecular formula is C16H19F3N2O2. The Kier molecular flexibility index (Phi) is 5.30. The van der Waals surface area contributed by atoms with Gasteiger partial charge in [0, 0.05) is 30.2 Å². The molecule has 1 aromatic heterocycles. The van der Waals surface area contributed by atoms with Gasteiger partial charge in [-0.25, -0.2) is 0 Å². The molecule has 0 fully saturated rings. The maximum atomic E-state index is 12.0. The van der Waals surface area contributed by atoms with Gasteiger partial charge in [0.15, 0.2) is 0 Å². The number of alkyl halides is 3. The molecule has 2 rings (SSSR count). The first-order valence-corrected chi connectivity index (χ1v) is 7.23. The second kappa shape index (κ2) is 7.04. The van der Waals surface area contributed by atoms with Crippen molar-refractivity contribution in [3.05, 3.63) is 36.0 Å². The van der Waals surface area contributed by atoms with E-state index in [0.29, 0.717) is 0 Å². The largest absolute Gasteiger partial charge is 0.411 e. The summed E-state index contributed by atoms with van der Waals surface area (Å²) in [7, 11) is 1.90. The van der Waals surface area contributed by atoms with Crippen molar-refractivity contribution < 1.29 is 22.7 Å². The number of hydrogen-bond acceptors (Lipinski definition) is 2. The summed E-state index contributed by atoms with van der Waals surface area (Å²) >= 11 is 0. The Morgan fingerprint density at radius 3 is 2.74 bits per heavy atom. The van der Waals surface area contributed by atoms with E-state index in [1.54, 1.807) is 6.92 Å². The fourth-order valence-corrected chi connectivity index (χ4v) is 2.46. The van der Waals surface area contributed by atoms with Gasteiger partial charge < -0.3 is 14.6 Å². The highest BCUT2D eigenvalue weighted by Crippen LogP contribution is 2.20. The first-order chi connectivity index (χ1) is 10.8. The summed E-state index contributed by atoms with van der Waals surface area (Å²) < 4.78 is 42.5. The number of aryl methyl sites for hydroxylation is 1. The first-order valence-electron chi connectivity index (χ1n) is 7.23. The van der Waals surface area contributed by atoms with Crippen molar-refractivity contribution in [1.29, 1.82) is 0 Å². The number of hydrogen-bond donors (Lipinski definition) is 1. The topological polar surface area (TPSA) is 43.3 Å². The molecule has 7 heteroatoms. The minimum atomic E-state index is -4.35. The summed E-state index contributed by atoms with van der Waals surface area (Å²) in [6.45, 7) is 0.120. The maximum Gasteiger partial charge on any atom is 0.411 e. The Morgan fingerprint density at radius 1 is 1.35 bits per heavy atom. The van der Waals surface area contributed by atoms with E-state index in [-0.39, 0.29) is 18.9 Å². The van der Waals surface area contributed by atoms with Gasteiger partial charge >= 0.3 is 6.18 Å². The summed E-state index contributed by atoms with van der Waals surface area (Å²) in [6, 6.07) is 7.24. The van der Waals surface area contributed by atoms with Crippen LogP contribution in [-0.2, 0) is 23.0 Å². The van der Waals surface area contributed by atoms with E-state index in [1.165, 1.54) is 0 Å². The number of carbonyl (C=O) groups is 1. The molecule has 0 saturated heterocycles. The van der Waals surface area contributed by atoms with Crippen LogP contribution in [-0.4, -0.2) is 35.9 Å². The number of aromatic nitrogens is 1. The molecule has 2 aromatic rings. The zero-order valence-corrected chi connectivity index (χ0v) is 13.0. The fourth-order valence-electron chi connectivity index (χ4n) is 2.46. The summed E-state index contributed by atoms with van der Waals surface area (Å²) in [5.41, 5.74) is 1.90. The number of nitrogens with zero attached hydrogens (tertiary/aromatic N) is 1. The van der Waals surface area contributed by atoms with Crippen molar-refractivity contribution in [3.63, 3.8) is 0 Å². The first kappa shape index (κ1) is 17.3. The van der Waals surface area contributed by atoms with Gasteiger partial charge in [-0.1, -0.05) is 18.2 Å². The number of rotatable bonds is 6. The zero-order valence-electron chi connectivity index (χ0n) is 13.0. The Morgan fingerprint density at radius 2 is 2.04 bits per heavy atom. The van der Waals surface area contributed by atoms with Crippen LogP contribution >= 0.6 is 0 Å². The van der Waals surface area contributed by atoms with Crippen LogP contribution in [0.2, 0.25) is 0 Å². The summed E-state index contributed by atoms with van der Waals surface area (Å²) in [5.74, 6) is -0.246. The van der Waals surface area contributed by atoms with Gasteiger partial charge in [-0.3, -0.25) is 4.79 Å². The Labute approximate surface area is 132 Å². The third kappa shape index (κ3) is 4.99. The number of nitrogens with one attached hydrogen (secondary N) is 1. The molecule has 1 aromatic carbocycles. The zero-order chi connectivity index (χ0) is 17.0. The molecular weight excluding hydrogens is 309 g/mol. The molecule has 1 heterocycles. The summed E-state index contributed by atoms with van der Waals surface area (Å²) in [4.78, 5) is 12.0. The molecule has 126 valence electrons. The molecule has 0 saturated carbocycles. The van der Waals surface area contributed by atoms with Gasteiger partial charge in [-0.15, -0.1) is 0 Å². The van der Waals surface area contributed by atoms with E-state index in [0.717, 1.165) is 16.5 Å². The molecule has 1 atom stereocenters. The quantitative estimate of drug-likeness (QED) is 0.886. The molecule has 0 aliphatic rings. The highest BCUT2D eigenvalue weighted by Gasteiger charge is 2.27. The van der Waals surface area contributed by atoms with Gasteiger partial charge in [0.2, 0.25) is 5.91 Å². The third-order valence-corrected chi connectivity index (χ3v) is 3.37. The van der Waals surface area contributed by atoms with Crippen LogP contribution in [0.5, 0.6) is 0 Å². The Bertz CT molecular complexity index is 680. The van der Waals surface area contributed by atoms with Crippen molar-refractivity contribution in [1.82, 2.24) is 9.88 Å². The predicted molar refractivity (Wildman–Crippen MR) is 81.1 cm³/mol. The molecule has 0 bridgehead atoms. The lowest BCUT2D eigenvalue weighted by Gasteiger charge is -2.15. The third-order valence-electron chi connectivity index (χ3n) is 3.37. The van der Waals surface area contributed by atoms with E-state index in [1.807, 2.05) is 42.1 Å². The normalized spacial score (nSPS) is 13.3. The number of halogens is 3. The van der Waals surface area contributed by atoms with Gasteiger partial charge in [-0.05, 0) is 18.6 Å². The highest BCUT2D eigenvalue weighted by molar-refractivity contribution is 5.89. The monoisotopic (exact) mass is 328 g/mol. The maximum absolute atomic E-state index is 12.0. The van der Waals surface area contributed by atoms with Crippen LogP contribution < -0.4 is 5.32 Å². The molecule has 4 nitrogen and oxygen atoms in total. The molecule has 0 radical (unpaired) electrons. The van der Waals surface area contributed by atoms with E-state index in [4.69, 9.17) is 0 Å². The average molecular weight is 328 g/mol. The molecule has 1 N–H and O–H groups in total. The average Bonchev–Trinajstić information content (AvgIpc) is 2.74. The SMILES string of the molecule is CC(COCC(F)(F)F)NC(=O)Cc1cn(C)c2ccccc12. The Balaban J connectivity index is 1.89. The van der Waals surface area contributed by atoms with E-state index in [2.05, 4.69) is 10.1 Å². The molecule has 0 aliphatic heterocycles. The summed E-state index contributed by atoms with van der Waals surface area (Å²) in [5, 5.41) is 3.64. The van der Waals surface area contributed by atoms with Crippen LogP contribution in [0.1, 0.15) is 12.5 Å². The second-order valence-electron chi connectivity index (χ2n) is 5.56. The summed E-state index contributed by atoms with van der Waals surface area (Å²) in [6.07, 6.45) is -2.30. The van der Waals surface area contributed by atoms with Crippen molar-refractivity contribution in [2.45, 2.75) is 25.6 Å². The number of carbonyl (C=O) groups excluding carboxylic acids is 1. The lowest BCUT2D eigenvalue weighted by atomic mass is 10.1. The highest BCUT2D eigenvalue weighted by atomic mass is 19.4. The lowest BCUT2D eigenvalue weighted by Crippen LogP contribution is -2.37. The van der Waals surface area contributed by atoms with Gasteiger partial charge in [0.25, 0.3) is 0 Å². The number of fused-ring (bicyclic) bond motifs is 1. The van der Waals surface area contributed by atoms with E-state index >= 15 is 0 Å². The minimum absolute atomic E-state index is 0.172. The Hall–Kier alpha value is -2.02. The fraction of sp³-hybridized carbons (Fsp3) is 0.438. The predicted octanol–water partition coefficient (Wildman–Crippen LogP) is 2.80. The smallest absolute Gasteiger partial charge is 0.370 e. The lowest BCUT2D eigenvalue weighted by molar-refractivity contribution is -0.175. The number of ether oxygens (including phenoxy) is 1. The molecule has 0 aliphatic carbocycles. The van der Waals surface area contributed by atoms with Crippen molar-refractivity contribution in [2.75, 3.05) is 13.2 Å². The van der Waals surface area contributed by atoms with E-state index in [9.17, 15) is 18.0 Å². The van der Waals surface area contributed by atoms with Crippen LogP contribution in [0.25, 0.3) is 10.9 Å². The van der Waals surface area contributed by atoms with Crippen molar-refractivity contribution in [3.8, 4) is 0 Å². The second-order valence-corrected chi connectivity index (χ2v) is 5.56. The molecule has 0 spiro atoms. The van der Waals surface area contributed by atoms with Gasteiger partial charge in [0.1, 0.15) is 6.61 Å². The van der Waals surface area contributed by atoms with E-state index < -0.39 is 18.8 Å². The van der Waals surface area contributed by atoms with Gasteiger partial charge in [-0.2, -0.15) is 13.2 Å². The molecule has 1 unspecified atom stereocenters.